The monoisotopic (exact) mass is 232 g/mol. The SMILES string of the molecule is O=C(O)[N+]1(Cl)Cc2ccccc2C1Cl. The van der Waals surface area contributed by atoms with E-state index < -0.39 is 15.6 Å². The second kappa shape index (κ2) is 3.12. The molecule has 1 aliphatic rings. The fourth-order valence-electron chi connectivity index (χ4n) is 1.62. The molecule has 1 amide bonds. The molecule has 0 aliphatic carbocycles. The van der Waals surface area contributed by atoms with E-state index in [-0.39, 0.29) is 6.54 Å². The summed E-state index contributed by atoms with van der Waals surface area (Å²) in [5, 5.41) is 8.97. The van der Waals surface area contributed by atoms with Crippen molar-refractivity contribution in [2.45, 2.75) is 12.0 Å². The molecule has 3 nitrogen and oxygen atoms in total. The lowest BCUT2D eigenvalue weighted by Crippen LogP contribution is -2.39. The third kappa shape index (κ3) is 1.21. The number of carbonyl (C=O) groups is 1. The van der Waals surface area contributed by atoms with E-state index in [4.69, 9.17) is 28.5 Å². The maximum Gasteiger partial charge on any atom is 0.533 e. The van der Waals surface area contributed by atoms with Gasteiger partial charge in [-0.05, 0) is 0 Å². The second-order valence-corrected chi connectivity index (χ2v) is 4.26. The molecule has 0 saturated heterocycles. The fraction of sp³-hybridized carbons (Fsp3) is 0.222. The molecule has 2 rings (SSSR count). The van der Waals surface area contributed by atoms with Crippen molar-refractivity contribution in [3.8, 4) is 0 Å². The zero-order valence-corrected chi connectivity index (χ0v) is 8.66. The number of carboxylic acid groups (broad SMARTS) is 1. The summed E-state index contributed by atoms with van der Waals surface area (Å²) in [5.74, 6) is 0. The van der Waals surface area contributed by atoms with E-state index >= 15 is 0 Å². The fourth-order valence-corrected chi connectivity index (χ4v) is 2.22. The Kier molecular flexibility index (Phi) is 2.18. The first-order valence-electron chi connectivity index (χ1n) is 4.08. The molecular formula is C9H8Cl2NO2+. The highest BCUT2D eigenvalue weighted by molar-refractivity contribution is 6.24. The summed E-state index contributed by atoms with van der Waals surface area (Å²) in [6, 6.07) is 7.31. The molecule has 2 unspecified atom stereocenters. The van der Waals surface area contributed by atoms with Gasteiger partial charge >= 0.3 is 6.09 Å². The first-order valence-corrected chi connectivity index (χ1v) is 4.86. The first-order chi connectivity index (χ1) is 6.55. The van der Waals surface area contributed by atoms with Crippen LogP contribution in [0.1, 0.15) is 16.6 Å². The van der Waals surface area contributed by atoms with Gasteiger partial charge in [0.25, 0.3) is 0 Å². The highest BCUT2D eigenvalue weighted by Gasteiger charge is 2.51. The molecule has 0 radical (unpaired) electrons. The molecule has 0 fully saturated rings. The number of benzene rings is 1. The Balaban J connectivity index is 2.48. The van der Waals surface area contributed by atoms with Gasteiger partial charge in [-0.25, -0.2) is 0 Å². The average molecular weight is 233 g/mol. The van der Waals surface area contributed by atoms with Crippen molar-refractivity contribution in [2.24, 2.45) is 0 Å². The lowest BCUT2D eigenvalue weighted by atomic mass is 10.1. The zero-order valence-electron chi connectivity index (χ0n) is 7.15. The summed E-state index contributed by atoms with van der Waals surface area (Å²) in [7, 11) is 0. The molecule has 14 heavy (non-hydrogen) atoms. The molecule has 1 N–H and O–H groups in total. The van der Waals surface area contributed by atoms with Crippen molar-refractivity contribution in [1.29, 1.82) is 0 Å². The van der Waals surface area contributed by atoms with Crippen LogP contribution in [0.3, 0.4) is 0 Å². The maximum absolute atomic E-state index is 11.0. The Labute approximate surface area is 91.2 Å². The maximum atomic E-state index is 11.0. The molecule has 1 aromatic rings. The zero-order chi connectivity index (χ0) is 10.3. The Morgan fingerprint density at radius 1 is 1.50 bits per heavy atom. The molecule has 0 bridgehead atoms. The van der Waals surface area contributed by atoms with Gasteiger partial charge in [0, 0.05) is 11.1 Å². The smallest absolute Gasteiger partial charge is 0.434 e. The van der Waals surface area contributed by atoms with Crippen molar-refractivity contribution < 1.29 is 13.9 Å². The molecule has 2 atom stereocenters. The van der Waals surface area contributed by atoms with Crippen LogP contribution in [0.2, 0.25) is 0 Å². The van der Waals surface area contributed by atoms with Crippen LogP contribution in [0, 0.1) is 0 Å². The largest absolute Gasteiger partial charge is 0.533 e. The molecule has 74 valence electrons. The highest BCUT2D eigenvalue weighted by Crippen LogP contribution is 2.45. The third-order valence-corrected chi connectivity index (χ3v) is 3.52. The predicted molar refractivity (Wildman–Crippen MR) is 52.9 cm³/mol. The van der Waals surface area contributed by atoms with Crippen LogP contribution in [-0.4, -0.2) is 15.2 Å². The quantitative estimate of drug-likeness (QED) is 0.424. The number of halogens is 2. The number of hydrogen-bond donors (Lipinski definition) is 1. The summed E-state index contributed by atoms with van der Waals surface area (Å²) >= 11 is 11.9. The van der Waals surface area contributed by atoms with Gasteiger partial charge in [-0.1, -0.05) is 39.9 Å². The first kappa shape index (κ1) is 9.77. The van der Waals surface area contributed by atoms with Crippen molar-refractivity contribution in [2.75, 3.05) is 0 Å². The van der Waals surface area contributed by atoms with Crippen molar-refractivity contribution in [3.05, 3.63) is 35.4 Å². The minimum Gasteiger partial charge on any atom is -0.434 e. The second-order valence-electron chi connectivity index (χ2n) is 3.25. The van der Waals surface area contributed by atoms with Gasteiger partial charge in [0.15, 0.2) is 11.8 Å². The van der Waals surface area contributed by atoms with Gasteiger partial charge < -0.3 is 5.11 Å². The molecule has 1 aliphatic heterocycles. The van der Waals surface area contributed by atoms with Gasteiger partial charge in [-0.2, -0.15) is 4.79 Å². The highest BCUT2D eigenvalue weighted by atomic mass is 35.5. The lowest BCUT2D eigenvalue weighted by molar-refractivity contribution is -0.764. The van der Waals surface area contributed by atoms with Gasteiger partial charge in [-0.15, -0.1) is 0 Å². The summed E-state index contributed by atoms with van der Waals surface area (Å²) in [6.07, 6.45) is -1.12. The summed E-state index contributed by atoms with van der Waals surface area (Å²) < 4.78 is -0.694. The summed E-state index contributed by atoms with van der Waals surface area (Å²) in [6.45, 7) is 0.223. The molecule has 1 aromatic carbocycles. The third-order valence-electron chi connectivity index (χ3n) is 2.39. The minimum atomic E-state index is -1.12. The van der Waals surface area contributed by atoms with E-state index in [0.717, 1.165) is 11.1 Å². The van der Waals surface area contributed by atoms with Crippen LogP contribution in [-0.2, 0) is 6.54 Å². The van der Waals surface area contributed by atoms with E-state index in [1.807, 2.05) is 18.2 Å². The van der Waals surface area contributed by atoms with E-state index in [2.05, 4.69) is 0 Å². The molecule has 1 heterocycles. The number of fused-ring (bicyclic) bond motifs is 1. The van der Waals surface area contributed by atoms with Crippen LogP contribution < -0.4 is 0 Å². The van der Waals surface area contributed by atoms with Crippen LogP contribution in [0.4, 0.5) is 4.79 Å². The number of rotatable bonds is 0. The Hall–Kier alpha value is -0.770. The minimum absolute atomic E-state index is 0.223. The number of nitrogens with zero attached hydrogens (tertiary/aromatic N) is 1. The molecule has 5 heteroatoms. The Bertz CT molecular complexity index is 396. The van der Waals surface area contributed by atoms with Crippen LogP contribution in [0.5, 0.6) is 0 Å². The standard InChI is InChI=1S/C9H7Cl2NO2/c10-8-7-4-2-1-3-6(7)5-12(8,11)9(13)14/h1-4,8H,5H2/p+1. The number of quaternary nitrogens is 1. The van der Waals surface area contributed by atoms with Crippen LogP contribution >= 0.6 is 23.4 Å². The van der Waals surface area contributed by atoms with Gasteiger partial charge in [0.05, 0.1) is 0 Å². The normalized spacial score (nSPS) is 30.0. The van der Waals surface area contributed by atoms with E-state index in [9.17, 15) is 4.79 Å². The van der Waals surface area contributed by atoms with Crippen molar-refractivity contribution in [1.82, 2.24) is 0 Å². The van der Waals surface area contributed by atoms with Gasteiger partial charge in [0.2, 0.25) is 5.50 Å². The summed E-state index contributed by atoms with van der Waals surface area (Å²) in [4.78, 5) is 11.0. The Morgan fingerprint density at radius 2 is 2.14 bits per heavy atom. The van der Waals surface area contributed by atoms with Gasteiger partial charge in [-0.3, -0.25) is 0 Å². The van der Waals surface area contributed by atoms with E-state index in [1.165, 1.54) is 0 Å². The number of hydrogen-bond acceptors (Lipinski definition) is 1. The average Bonchev–Trinajstić information content (AvgIpc) is 2.42. The van der Waals surface area contributed by atoms with Gasteiger partial charge in [0.1, 0.15) is 6.54 Å². The molecular weight excluding hydrogens is 225 g/mol. The number of amides is 1. The van der Waals surface area contributed by atoms with E-state index in [0.29, 0.717) is 0 Å². The van der Waals surface area contributed by atoms with Crippen LogP contribution in [0.25, 0.3) is 0 Å². The summed E-state index contributed by atoms with van der Waals surface area (Å²) in [5.41, 5.74) is 0.974. The van der Waals surface area contributed by atoms with Crippen molar-refractivity contribution >= 4 is 29.5 Å². The topological polar surface area (TPSA) is 37.3 Å². The predicted octanol–water partition coefficient (Wildman–Crippen LogP) is 3.09. The van der Waals surface area contributed by atoms with Crippen molar-refractivity contribution in [3.63, 3.8) is 0 Å². The lowest BCUT2D eigenvalue weighted by Gasteiger charge is -2.19. The molecule has 0 aromatic heterocycles. The number of alkyl halides is 1. The van der Waals surface area contributed by atoms with E-state index in [1.54, 1.807) is 6.07 Å². The molecule has 0 saturated carbocycles. The van der Waals surface area contributed by atoms with Crippen LogP contribution in [0.15, 0.2) is 24.3 Å². The molecule has 0 spiro atoms. The Morgan fingerprint density at radius 3 is 2.71 bits per heavy atom.